The minimum absolute atomic E-state index is 0.106. The maximum Gasteiger partial charge on any atom is 0.573 e. The highest BCUT2D eigenvalue weighted by Crippen LogP contribution is 2.35. The van der Waals surface area contributed by atoms with Crippen LogP contribution in [0.15, 0.2) is 36.4 Å². The van der Waals surface area contributed by atoms with Crippen molar-refractivity contribution in [3.8, 4) is 34.5 Å². The van der Waals surface area contributed by atoms with Crippen molar-refractivity contribution in [2.75, 3.05) is 13.2 Å². The van der Waals surface area contributed by atoms with Gasteiger partial charge in [0.25, 0.3) is 0 Å². The van der Waals surface area contributed by atoms with Gasteiger partial charge in [-0.05, 0) is 49.9 Å². The highest BCUT2D eigenvalue weighted by atomic mass is 19.4. The molecule has 0 spiro atoms. The zero-order valence-electron chi connectivity index (χ0n) is 16.5. The van der Waals surface area contributed by atoms with E-state index in [1.165, 1.54) is 12.1 Å². The van der Waals surface area contributed by atoms with Crippen molar-refractivity contribution < 1.29 is 55.5 Å². The lowest BCUT2D eigenvalue weighted by molar-refractivity contribution is -0.276. The molecule has 32 heavy (non-hydrogen) atoms. The van der Waals surface area contributed by atoms with Crippen molar-refractivity contribution in [2.45, 2.75) is 38.4 Å². The predicted molar refractivity (Wildman–Crippen MR) is 99.0 cm³/mol. The second-order valence-corrected chi connectivity index (χ2v) is 6.47. The van der Waals surface area contributed by atoms with Crippen molar-refractivity contribution >= 4 is 0 Å². The maximum atomic E-state index is 12.3. The fourth-order valence-electron chi connectivity index (χ4n) is 2.52. The third-order valence-corrected chi connectivity index (χ3v) is 3.89. The molecule has 2 aromatic rings. The lowest BCUT2D eigenvalue weighted by Gasteiger charge is -2.13. The smallest absolute Gasteiger partial charge is 0.504 e. The van der Waals surface area contributed by atoms with Gasteiger partial charge in [0.05, 0.1) is 13.2 Å². The number of phenols is 2. The average molecular weight is 470 g/mol. The predicted octanol–water partition coefficient (Wildman–Crippen LogP) is 5.91. The van der Waals surface area contributed by atoms with Gasteiger partial charge in [-0.15, -0.1) is 26.3 Å². The van der Waals surface area contributed by atoms with Gasteiger partial charge in [0.1, 0.15) is 11.5 Å². The van der Waals surface area contributed by atoms with Crippen LogP contribution in [0.2, 0.25) is 0 Å². The van der Waals surface area contributed by atoms with Gasteiger partial charge in [-0.2, -0.15) is 0 Å². The van der Waals surface area contributed by atoms with Crippen LogP contribution in [-0.4, -0.2) is 36.2 Å². The van der Waals surface area contributed by atoms with Crippen LogP contribution in [0, 0.1) is 0 Å². The van der Waals surface area contributed by atoms with Gasteiger partial charge in [-0.1, -0.05) is 0 Å². The Balaban J connectivity index is 1.65. The Bertz CT molecular complexity index is 797. The van der Waals surface area contributed by atoms with Crippen molar-refractivity contribution in [1.82, 2.24) is 0 Å². The number of hydrogen-bond acceptors (Lipinski definition) is 6. The van der Waals surface area contributed by atoms with E-state index >= 15 is 0 Å². The van der Waals surface area contributed by atoms with E-state index in [0.29, 0.717) is 25.7 Å². The molecule has 0 aliphatic heterocycles. The van der Waals surface area contributed by atoms with E-state index in [-0.39, 0.29) is 24.7 Å². The molecule has 6 nitrogen and oxygen atoms in total. The van der Waals surface area contributed by atoms with Gasteiger partial charge in [0.2, 0.25) is 0 Å². The van der Waals surface area contributed by atoms with Crippen LogP contribution in [0.1, 0.15) is 25.7 Å². The summed E-state index contributed by atoms with van der Waals surface area (Å²) in [7, 11) is 0. The highest BCUT2D eigenvalue weighted by Gasteiger charge is 2.33. The quantitative estimate of drug-likeness (QED) is 0.314. The first-order valence-corrected chi connectivity index (χ1v) is 9.36. The molecule has 2 rings (SSSR count). The van der Waals surface area contributed by atoms with Gasteiger partial charge in [-0.25, -0.2) is 0 Å². The third kappa shape index (κ3) is 9.31. The maximum absolute atomic E-state index is 12.3. The van der Waals surface area contributed by atoms with Gasteiger partial charge in [-0.3, -0.25) is 0 Å². The van der Waals surface area contributed by atoms with E-state index in [1.807, 2.05) is 0 Å². The van der Waals surface area contributed by atoms with Gasteiger partial charge in [0.15, 0.2) is 23.0 Å². The molecule has 2 aromatic carbocycles. The Labute approximate surface area is 178 Å². The van der Waals surface area contributed by atoms with Gasteiger partial charge < -0.3 is 29.2 Å². The molecule has 0 aliphatic rings. The lowest BCUT2D eigenvalue weighted by atomic mass is 10.2. The first kappa shape index (κ1) is 25.1. The van der Waals surface area contributed by atoms with E-state index in [2.05, 4.69) is 9.47 Å². The first-order chi connectivity index (χ1) is 14.9. The highest BCUT2D eigenvalue weighted by molar-refractivity contribution is 5.45. The number of ether oxygens (including phenoxy) is 4. The lowest BCUT2D eigenvalue weighted by Crippen LogP contribution is -2.17. The summed E-state index contributed by atoms with van der Waals surface area (Å²) in [6.07, 6.45) is -7.31. The molecule has 0 saturated heterocycles. The molecule has 0 amide bonds. The normalized spacial score (nSPS) is 11.8. The molecule has 0 aliphatic carbocycles. The number of halogens is 6. The minimum Gasteiger partial charge on any atom is -0.504 e. The van der Waals surface area contributed by atoms with Crippen LogP contribution in [0.25, 0.3) is 0 Å². The molecule has 0 unspecified atom stereocenters. The standard InChI is InChI=1S/C20H20F6O6/c21-19(22,23)31-17-11-13(5-7-15(17)27)29-9-3-1-2-4-10-30-14-6-8-16(28)18(12-14)32-20(24,25)26/h5-8,11-12,27-28H,1-4,9-10H2. The molecule has 0 bridgehead atoms. The first-order valence-electron chi connectivity index (χ1n) is 9.36. The van der Waals surface area contributed by atoms with E-state index < -0.39 is 35.7 Å². The van der Waals surface area contributed by atoms with Crippen molar-refractivity contribution in [1.29, 1.82) is 0 Å². The summed E-state index contributed by atoms with van der Waals surface area (Å²) in [5.41, 5.74) is 0. The summed E-state index contributed by atoms with van der Waals surface area (Å²) in [5.74, 6) is -2.64. The minimum atomic E-state index is -4.94. The number of benzene rings is 2. The molecule has 0 saturated carbocycles. The van der Waals surface area contributed by atoms with E-state index in [9.17, 15) is 36.6 Å². The Morgan fingerprint density at radius 3 is 1.31 bits per heavy atom. The van der Waals surface area contributed by atoms with Crippen molar-refractivity contribution in [3.05, 3.63) is 36.4 Å². The van der Waals surface area contributed by atoms with Crippen LogP contribution in [-0.2, 0) is 0 Å². The average Bonchev–Trinajstić information content (AvgIpc) is 2.66. The zero-order chi connectivity index (χ0) is 23.8. The molecule has 12 heteroatoms. The third-order valence-electron chi connectivity index (χ3n) is 3.89. The Hall–Kier alpha value is -3.18. The molecule has 178 valence electrons. The zero-order valence-corrected chi connectivity index (χ0v) is 16.5. The topological polar surface area (TPSA) is 77.4 Å². The number of aromatic hydroxyl groups is 2. The van der Waals surface area contributed by atoms with E-state index in [4.69, 9.17) is 9.47 Å². The molecule has 0 fully saturated rings. The summed E-state index contributed by atoms with van der Waals surface area (Å²) in [6, 6.07) is 6.54. The summed E-state index contributed by atoms with van der Waals surface area (Å²) < 4.78 is 91.7. The van der Waals surface area contributed by atoms with Crippen LogP contribution >= 0.6 is 0 Å². The SMILES string of the molecule is Oc1ccc(OCCCCCCOc2ccc(O)c(OC(F)(F)F)c2)cc1OC(F)(F)F. The second-order valence-electron chi connectivity index (χ2n) is 6.47. The van der Waals surface area contributed by atoms with Crippen LogP contribution < -0.4 is 18.9 Å². The molecule has 0 radical (unpaired) electrons. The van der Waals surface area contributed by atoms with Gasteiger partial charge in [0, 0.05) is 12.1 Å². The van der Waals surface area contributed by atoms with Gasteiger partial charge >= 0.3 is 12.7 Å². The summed E-state index contributed by atoms with van der Waals surface area (Å²) in [5, 5.41) is 18.8. The molecule has 0 aromatic heterocycles. The number of rotatable bonds is 11. The molecular formula is C20H20F6O6. The summed E-state index contributed by atoms with van der Waals surface area (Å²) >= 11 is 0. The number of alkyl halides is 6. The summed E-state index contributed by atoms with van der Waals surface area (Å²) in [6.45, 7) is 0.431. The molecule has 0 heterocycles. The second kappa shape index (κ2) is 10.9. The Kier molecular flexibility index (Phi) is 8.56. The van der Waals surface area contributed by atoms with Crippen LogP contribution in [0.3, 0.4) is 0 Å². The van der Waals surface area contributed by atoms with Crippen molar-refractivity contribution in [2.24, 2.45) is 0 Å². The fraction of sp³-hybridized carbons (Fsp3) is 0.400. The van der Waals surface area contributed by atoms with Crippen molar-refractivity contribution in [3.63, 3.8) is 0 Å². The number of phenolic OH excluding ortho intramolecular Hbond substituents is 2. The van der Waals surface area contributed by atoms with Crippen LogP contribution in [0.5, 0.6) is 34.5 Å². The Morgan fingerprint density at radius 2 is 0.969 bits per heavy atom. The number of hydrogen-bond donors (Lipinski definition) is 2. The van der Waals surface area contributed by atoms with E-state index in [0.717, 1.165) is 24.3 Å². The Morgan fingerprint density at radius 1 is 0.594 bits per heavy atom. The molecule has 2 N–H and O–H groups in total. The fourth-order valence-corrected chi connectivity index (χ4v) is 2.52. The summed E-state index contributed by atoms with van der Waals surface area (Å²) in [4.78, 5) is 0. The largest absolute Gasteiger partial charge is 0.573 e. The monoisotopic (exact) mass is 470 g/mol. The number of unbranched alkanes of at least 4 members (excludes halogenated alkanes) is 3. The van der Waals surface area contributed by atoms with Crippen LogP contribution in [0.4, 0.5) is 26.3 Å². The molecule has 0 atom stereocenters. The van der Waals surface area contributed by atoms with E-state index in [1.54, 1.807) is 0 Å². The molecular weight excluding hydrogens is 450 g/mol.